The summed E-state index contributed by atoms with van der Waals surface area (Å²) in [6, 6.07) is 11.0. The van der Waals surface area contributed by atoms with Gasteiger partial charge in [-0.2, -0.15) is 0 Å². The molecule has 9 nitrogen and oxygen atoms in total. The second kappa shape index (κ2) is 9.92. The second-order valence-corrected chi connectivity index (χ2v) is 8.57. The molecule has 176 valence electrons. The van der Waals surface area contributed by atoms with Crippen molar-refractivity contribution in [1.82, 2.24) is 20.6 Å². The number of fused-ring (bicyclic) bond motifs is 1. The highest BCUT2D eigenvalue weighted by molar-refractivity contribution is 7.89. The number of amides is 2. The normalized spacial score (nSPS) is 11.8. The molecule has 13 heteroatoms. The van der Waals surface area contributed by atoms with Gasteiger partial charge in [-0.25, -0.2) is 13.1 Å². The van der Waals surface area contributed by atoms with E-state index in [0.29, 0.717) is 0 Å². The first-order valence-corrected chi connectivity index (χ1v) is 11.0. The maximum atomic E-state index is 12.2. The van der Waals surface area contributed by atoms with Crippen molar-refractivity contribution in [2.45, 2.75) is 24.1 Å². The number of para-hydroxylation sites is 1. The fourth-order valence-electron chi connectivity index (χ4n) is 2.90. The van der Waals surface area contributed by atoms with E-state index >= 15 is 0 Å². The van der Waals surface area contributed by atoms with Gasteiger partial charge in [0.25, 0.3) is 0 Å². The third-order valence-electron chi connectivity index (χ3n) is 4.38. The number of hydrogen-bond acceptors (Lipinski definition) is 5. The number of carbonyl (C=O) groups is 2. The maximum Gasteiger partial charge on any atom is 0.573 e. The fraction of sp³-hybridized carbons (Fsp3) is 0.200. The molecule has 0 saturated carbocycles. The minimum atomic E-state index is -4.89. The summed E-state index contributed by atoms with van der Waals surface area (Å²) in [5, 5.41) is 0.881. The number of nitrogens with one attached hydrogen (secondary N) is 4. The SMILES string of the molecule is O=C(CCNS(=O)(=O)c1ccc(OC(F)(F)F)cc1)NNC(=O)Cc1c[nH]c2ccccc12. The molecule has 1 heterocycles. The minimum absolute atomic E-state index is 0.0188. The molecule has 4 N–H and O–H groups in total. The van der Waals surface area contributed by atoms with Crippen molar-refractivity contribution in [3.63, 3.8) is 0 Å². The Kier molecular flexibility index (Phi) is 7.23. The van der Waals surface area contributed by atoms with Gasteiger partial charge < -0.3 is 9.72 Å². The van der Waals surface area contributed by atoms with Crippen LogP contribution < -0.4 is 20.3 Å². The van der Waals surface area contributed by atoms with Crippen molar-refractivity contribution in [1.29, 1.82) is 0 Å². The average molecular weight is 484 g/mol. The van der Waals surface area contributed by atoms with Crippen LogP contribution >= 0.6 is 0 Å². The van der Waals surface area contributed by atoms with E-state index in [1.807, 2.05) is 24.3 Å². The number of hydrazine groups is 1. The van der Waals surface area contributed by atoms with E-state index in [4.69, 9.17) is 0 Å². The zero-order valence-corrected chi connectivity index (χ0v) is 17.7. The van der Waals surface area contributed by atoms with Crippen molar-refractivity contribution in [3.8, 4) is 5.75 Å². The number of sulfonamides is 1. The molecule has 33 heavy (non-hydrogen) atoms. The first kappa shape index (κ1) is 24.1. The van der Waals surface area contributed by atoms with E-state index in [1.54, 1.807) is 6.20 Å². The summed E-state index contributed by atoms with van der Waals surface area (Å²) in [5.74, 6) is -1.67. The molecule has 1 aromatic heterocycles. The zero-order chi connectivity index (χ0) is 24.1. The molecule has 2 amide bonds. The van der Waals surface area contributed by atoms with Gasteiger partial charge in [0.15, 0.2) is 0 Å². The van der Waals surface area contributed by atoms with Gasteiger partial charge in [0.05, 0.1) is 11.3 Å². The van der Waals surface area contributed by atoms with Crippen LogP contribution in [0, 0.1) is 0 Å². The Bertz CT molecular complexity index is 1240. The van der Waals surface area contributed by atoms with Crippen LogP contribution in [0.15, 0.2) is 59.6 Å². The Morgan fingerprint density at radius 2 is 1.64 bits per heavy atom. The number of aromatic nitrogens is 1. The first-order chi connectivity index (χ1) is 15.5. The Hall–Kier alpha value is -3.58. The molecule has 3 rings (SSSR count). The molecule has 0 aliphatic rings. The number of halogens is 3. The number of ether oxygens (including phenoxy) is 1. The third kappa shape index (κ3) is 6.95. The van der Waals surface area contributed by atoms with Crippen molar-refractivity contribution in [2.75, 3.05) is 6.54 Å². The standard InChI is InChI=1S/C20H19F3N4O5S/c21-20(22,23)32-14-5-7-15(8-6-14)33(30,31)25-10-9-18(28)26-27-19(29)11-13-12-24-17-4-2-1-3-16(13)17/h1-8,12,24-25H,9-11H2,(H,26,28)(H,27,29). The number of rotatable bonds is 8. The predicted molar refractivity (Wildman–Crippen MR) is 111 cm³/mol. The molecule has 0 bridgehead atoms. The summed E-state index contributed by atoms with van der Waals surface area (Å²) < 4.78 is 66.7. The van der Waals surface area contributed by atoms with Crippen LogP contribution in [0.1, 0.15) is 12.0 Å². The Balaban J connectivity index is 1.42. The van der Waals surface area contributed by atoms with Gasteiger partial charge in [0, 0.05) is 30.1 Å². The first-order valence-electron chi connectivity index (χ1n) is 9.52. The van der Waals surface area contributed by atoms with Crippen LogP contribution in [-0.4, -0.2) is 38.1 Å². The lowest BCUT2D eigenvalue weighted by molar-refractivity contribution is -0.274. The van der Waals surface area contributed by atoms with Crippen LogP contribution in [0.5, 0.6) is 5.75 Å². The van der Waals surface area contributed by atoms with Gasteiger partial charge in [-0.1, -0.05) is 18.2 Å². The summed E-state index contributed by atoms with van der Waals surface area (Å²) in [5.41, 5.74) is 6.07. The highest BCUT2D eigenvalue weighted by atomic mass is 32.2. The summed E-state index contributed by atoms with van der Waals surface area (Å²) in [4.78, 5) is 26.7. The lowest BCUT2D eigenvalue weighted by Crippen LogP contribution is -2.43. The monoisotopic (exact) mass is 484 g/mol. The molecule has 2 aromatic carbocycles. The summed E-state index contributed by atoms with van der Waals surface area (Å²) >= 11 is 0. The Morgan fingerprint density at radius 3 is 2.33 bits per heavy atom. The Labute approximate surface area is 186 Å². The van der Waals surface area contributed by atoms with Gasteiger partial charge in [-0.05, 0) is 35.9 Å². The quantitative estimate of drug-likeness (QED) is 0.364. The van der Waals surface area contributed by atoms with Crippen molar-refractivity contribution in [3.05, 3.63) is 60.3 Å². The maximum absolute atomic E-state index is 12.2. The van der Waals surface area contributed by atoms with E-state index in [0.717, 1.165) is 40.7 Å². The van der Waals surface area contributed by atoms with Gasteiger partial charge in [-0.3, -0.25) is 20.4 Å². The summed E-state index contributed by atoms with van der Waals surface area (Å²) in [6.07, 6.45) is -3.47. The fourth-order valence-corrected chi connectivity index (χ4v) is 3.93. The van der Waals surface area contributed by atoms with Crippen LogP contribution in [0.2, 0.25) is 0 Å². The van der Waals surface area contributed by atoms with Crippen LogP contribution in [-0.2, 0) is 26.0 Å². The number of hydrogen-bond donors (Lipinski definition) is 4. The minimum Gasteiger partial charge on any atom is -0.406 e. The van der Waals surface area contributed by atoms with Gasteiger partial charge >= 0.3 is 6.36 Å². The topological polar surface area (TPSA) is 129 Å². The lowest BCUT2D eigenvalue weighted by Gasteiger charge is -2.10. The number of carbonyl (C=O) groups excluding carboxylic acids is 2. The lowest BCUT2D eigenvalue weighted by atomic mass is 10.1. The molecule has 0 radical (unpaired) electrons. The number of aromatic amines is 1. The zero-order valence-electron chi connectivity index (χ0n) is 16.9. The van der Waals surface area contributed by atoms with E-state index in [2.05, 4.69) is 25.3 Å². The summed E-state index contributed by atoms with van der Waals surface area (Å²) in [7, 11) is -4.06. The van der Waals surface area contributed by atoms with Crippen LogP contribution in [0.3, 0.4) is 0 Å². The Morgan fingerprint density at radius 1 is 0.970 bits per heavy atom. The molecule has 0 unspecified atom stereocenters. The smallest absolute Gasteiger partial charge is 0.406 e. The number of alkyl halides is 3. The third-order valence-corrected chi connectivity index (χ3v) is 5.86. The van der Waals surface area contributed by atoms with Crippen molar-refractivity contribution < 1.29 is 35.9 Å². The van der Waals surface area contributed by atoms with Gasteiger partial charge in [-0.15, -0.1) is 13.2 Å². The van der Waals surface area contributed by atoms with Crippen LogP contribution in [0.4, 0.5) is 13.2 Å². The number of H-pyrrole nitrogens is 1. The molecule has 0 aliphatic carbocycles. The molecule has 0 atom stereocenters. The van der Waals surface area contributed by atoms with Gasteiger partial charge in [0.2, 0.25) is 21.8 Å². The van der Waals surface area contributed by atoms with E-state index < -0.39 is 33.9 Å². The van der Waals surface area contributed by atoms with E-state index in [-0.39, 0.29) is 24.3 Å². The number of benzene rings is 2. The van der Waals surface area contributed by atoms with Crippen molar-refractivity contribution in [2.24, 2.45) is 0 Å². The molecular weight excluding hydrogens is 465 g/mol. The van der Waals surface area contributed by atoms with E-state index in [9.17, 15) is 31.2 Å². The molecule has 0 fully saturated rings. The second-order valence-electron chi connectivity index (χ2n) is 6.80. The summed E-state index contributed by atoms with van der Waals surface area (Å²) in [6.45, 7) is -0.298. The molecule has 0 aliphatic heterocycles. The highest BCUT2D eigenvalue weighted by Gasteiger charge is 2.31. The largest absolute Gasteiger partial charge is 0.573 e. The predicted octanol–water partition coefficient (Wildman–Crippen LogP) is 2.12. The van der Waals surface area contributed by atoms with Crippen molar-refractivity contribution >= 4 is 32.7 Å². The molecule has 3 aromatic rings. The molecule has 0 saturated heterocycles. The van der Waals surface area contributed by atoms with Crippen LogP contribution in [0.25, 0.3) is 10.9 Å². The molecule has 0 spiro atoms. The highest BCUT2D eigenvalue weighted by Crippen LogP contribution is 2.23. The molecular formula is C20H19F3N4O5S. The van der Waals surface area contributed by atoms with E-state index in [1.165, 1.54) is 0 Å². The average Bonchev–Trinajstić information content (AvgIpc) is 3.14. The van der Waals surface area contributed by atoms with Gasteiger partial charge in [0.1, 0.15) is 5.75 Å².